The molecule has 0 aliphatic heterocycles. The first-order valence-corrected chi connectivity index (χ1v) is 5.61. The SMILES string of the molecule is N#CCOc1cccc(NCc2ccncc2)c1. The van der Waals surface area contributed by atoms with E-state index >= 15 is 0 Å². The largest absolute Gasteiger partial charge is 0.479 e. The molecule has 18 heavy (non-hydrogen) atoms. The van der Waals surface area contributed by atoms with Gasteiger partial charge in [0.15, 0.2) is 6.61 Å². The molecule has 1 aromatic carbocycles. The molecule has 0 amide bonds. The van der Waals surface area contributed by atoms with Crippen molar-refractivity contribution in [2.24, 2.45) is 0 Å². The van der Waals surface area contributed by atoms with Crippen LogP contribution in [0.2, 0.25) is 0 Å². The minimum Gasteiger partial charge on any atom is -0.479 e. The second-order valence-electron chi connectivity index (χ2n) is 3.68. The van der Waals surface area contributed by atoms with E-state index in [9.17, 15) is 0 Å². The van der Waals surface area contributed by atoms with Crippen molar-refractivity contribution in [2.75, 3.05) is 11.9 Å². The summed E-state index contributed by atoms with van der Waals surface area (Å²) in [5.41, 5.74) is 2.12. The molecule has 1 N–H and O–H groups in total. The fraction of sp³-hybridized carbons (Fsp3) is 0.143. The Balaban J connectivity index is 1.95. The summed E-state index contributed by atoms with van der Waals surface area (Å²) in [6, 6.07) is 13.4. The fourth-order valence-electron chi connectivity index (χ4n) is 1.52. The van der Waals surface area contributed by atoms with Gasteiger partial charge in [0.05, 0.1) is 0 Å². The predicted molar refractivity (Wildman–Crippen MR) is 69.1 cm³/mol. The van der Waals surface area contributed by atoms with Crippen LogP contribution >= 0.6 is 0 Å². The monoisotopic (exact) mass is 239 g/mol. The summed E-state index contributed by atoms with van der Waals surface area (Å²) >= 11 is 0. The fourth-order valence-corrected chi connectivity index (χ4v) is 1.52. The molecule has 4 nitrogen and oxygen atoms in total. The van der Waals surface area contributed by atoms with Gasteiger partial charge in [-0.3, -0.25) is 4.98 Å². The Morgan fingerprint density at radius 1 is 1.22 bits per heavy atom. The van der Waals surface area contributed by atoms with Gasteiger partial charge in [0, 0.05) is 30.7 Å². The molecule has 0 radical (unpaired) electrons. The van der Waals surface area contributed by atoms with Crippen LogP contribution in [0.3, 0.4) is 0 Å². The van der Waals surface area contributed by atoms with Crippen molar-refractivity contribution in [1.29, 1.82) is 5.26 Å². The zero-order valence-corrected chi connectivity index (χ0v) is 9.84. The number of nitrogens with zero attached hydrogens (tertiary/aromatic N) is 2. The van der Waals surface area contributed by atoms with Crippen LogP contribution in [0.1, 0.15) is 5.56 Å². The summed E-state index contributed by atoms with van der Waals surface area (Å²) in [6.45, 7) is 0.790. The van der Waals surface area contributed by atoms with Crippen molar-refractivity contribution in [3.63, 3.8) is 0 Å². The topological polar surface area (TPSA) is 57.9 Å². The van der Waals surface area contributed by atoms with Gasteiger partial charge in [-0.15, -0.1) is 0 Å². The number of rotatable bonds is 5. The Hall–Kier alpha value is -2.54. The van der Waals surface area contributed by atoms with Crippen molar-refractivity contribution >= 4 is 5.69 Å². The normalized spacial score (nSPS) is 9.50. The lowest BCUT2D eigenvalue weighted by Crippen LogP contribution is -2.00. The minimum atomic E-state index is 0.0633. The Morgan fingerprint density at radius 3 is 2.83 bits per heavy atom. The number of benzene rings is 1. The lowest BCUT2D eigenvalue weighted by Gasteiger charge is -2.08. The molecule has 0 saturated carbocycles. The standard InChI is InChI=1S/C14H13N3O/c15-6-9-18-14-3-1-2-13(10-14)17-11-12-4-7-16-8-5-12/h1-5,7-8,10,17H,9,11H2. The molecule has 0 spiro atoms. The summed E-state index contributed by atoms with van der Waals surface area (Å²) in [4.78, 5) is 3.97. The molecule has 2 rings (SSSR count). The quantitative estimate of drug-likeness (QED) is 0.871. The van der Waals surface area contributed by atoms with Gasteiger partial charge < -0.3 is 10.1 Å². The van der Waals surface area contributed by atoms with Gasteiger partial charge >= 0.3 is 0 Å². The van der Waals surface area contributed by atoms with Gasteiger partial charge in [0.2, 0.25) is 0 Å². The summed E-state index contributed by atoms with van der Waals surface area (Å²) in [5, 5.41) is 11.7. The lowest BCUT2D eigenvalue weighted by molar-refractivity contribution is 0.368. The molecular weight excluding hydrogens is 226 g/mol. The van der Waals surface area contributed by atoms with E-state index in [2.05, 4.69) is 10.3 Å². The second kappa shape index (κ2) is 6.26. The molecule has 0 fully saturated rings. The number of nitrogens with one attached hydrogen (secondary N) is 1. The lowest BCUT2D eigenvalue weighted by atomic mass is 10.2. The molecule has 1 heterocycles. The average molecular weight is 239 g/mol. The Morgan fingerprint density at radius 2 is 2.06 bits per heavy atom. The van der Waals surface area contributed by atoms with E-state index in [4.69, 9.17) is 10.00 Å². The van der Waals surface area contributed by atoms with E-state index in [0.29, 0.717) is 5.75 Å². The third-order valence-corrected chi connectivity index (χ3v) is 2.38. The molecule has 0 aliphatic carbocycles. The maximum atomic E-state index is 8.45. The predicted octanol–water partition coefficient (Wildman–Crippen LogP) is 2.60. The van der Waals surface area contributed by atoms with Crippen LogP contribution < -0.4 is 10.1 Å². The van der Waals surface area contributed by atoms with Crippen LogP contribution in [0.25, 0.3) is 0 Å². The molecule has 0 unspecified atom stereocenters. The van der Waals surface area contributed by atoms with Crippen LogP contribution in [0.4, 0.5) is 5.69 Å². The van der Waals surface area contributed by atoms with Crippen molar-refractivity contribution in [3.05, 3.63) is 54.4 Å². The first-order valence-electron chi connectivity index (χ1n) is 5.61. The number of anilines is 1. The van der Waals surface area contributed by atoms with Crippen LogP contribution in [-0.4, -0.2) is 11.6 Å². The zero-order valence-electron chi connectivity index (χ0n) is 9.84. The van der Waals surface area contributed by atoms with E-state index in [-0.39, 0.29) is 6.61 Å². The highest BCUT2D eigenvalue weighted by molar-refractivity contribution is 5.48. The number of pyridine rings is 1. The van der Waals surface area contributed by atoms with E-state index in [1.165, 1.54) is 0 Å². The summed E-state index contributed by atoms with van der Waals surface area (Å²) in [7, 11) is 0. The molecule has 4 heteroatoms. The molecule has 2 aromatic rings. The summed E-state index contributed by atoms with van der Waals surface area (Å²) < 4.78 is 5.24. The first-order chi connectivity index (χ1) is 8.88. The minimum absolute atomic E-state index is 0.0633. The van der Waals surface area contributed by atoms with Crippen LogP contribution in [0.15, 0.2) is 48.8 Å². The third-order valence-electron chi connectivity index (χ3n) is 2.38. The molecule has 0 atom stereocenters. The van der Waals surface area contributed by atoms with Crippen LogP contribution in [-0.2, 0) is 6.54 Å². The Kier molecular flexibility index (Phi) is 4.15. The highest BCUT2D eigenvalue weighted by Crippen LogP contribution is 2.17. The van der Waals surface area contributed by atoms with Crippen molar-refractivity contribution < 1.29 is 4.74 Å². The zero-order chi connectivity index (χ0) is 12.6. The number of aromatic nitrogens is 1. The Labute approximate surface area is 106 Å². The number of hydrogen-bond donors (Lipinski definition) is 1. The highest BCUT2D eigenvalue weighted by Gasteiger charge is 1.97. The van der Waals surface area contributed by atoms with Crippen LogP contribution in [0.5, 0.6) is 5.75 Å². The maximum Gasteiger partial charge on any atom is 0.174 e. The van der Waals surface area contributed by atoms with Gasteiger partial charge in [-0.2, -0.15) is 5.26 Å². The van der Waals surface area contributed by atoms with Crippen molar-refractivity contribution in [2.45, 2.75) is 6.54 Å². The van der Waals surface area contributed by atoms with Gasteiger partial charge in [0.25, 0.3) is 0 Å². The maximum absolute atomic E-state index is 8.45. The van der Waals surface area contributed by atoms with E-state index in [1.807, 2.05) is 42.5 Å². The first kappa shape index (κ1) is 11.9. The number of nitriles is 1. The van der Waals surface area contributed by atoms with E-state index in [1.54, 1.807) is 12.4 Å². The molecule has 1 aromatic heterocycles. The van der Waals surface area contributed by atoms with Gasteiger partial charge in [-0.05, 0) is 29.8 Å². The average Bonchev–Trinajstić information content (AvgIpc) is 2.44. The summed E-state index contributed by atoms with van der Waals surface area (Å²) in [5.74, 6) is 0.691. The molecular formula is C14H13N3O. The number of ether oxygens (including phenoxy) is 1. The third kappa shape index (κ3) is 3.49. The molecule has 0 aliphatic rings. The van der Waals surface area contributed by atoms with Crippen LogP contribution in [0, 0.1) is 11.3 Å². The number of hydrogen-bond acceptors (Lipinski definition) is 4. The van der Waals surface area contributed by atoms with Crippen molar-refractivity contribution in [1.82, 2.24) is 4.98 Å². The smallest absolute Gasteiger partial charge is 0.174 e. The van der Waals surface area contributed by atoms with Gasteiger partial charge in [-0.1, -0.05) is 6.07 Å². The molecule has 0 saturated heterocycles. The Bertz CT molecular complexity index is 534. The van der Waals surface area contributed by atoms with E-state index < -0.39 is 0 Å². The molecule has 0 bridgehead atoms. The second-order valence-corrected chi connectivity index (χ2v) is 3.68. The molecule has 90 valence electrons. The highest BCUT2D eigenvalue weighted by atomic mass is 16.5. The van der Waals surface area contributed by atoms with E-state index in [0.717, 1.165) is 17.8 Å². The van der Waals surface area contributed by atoms with Gasteiger partial charge in [0.1, 0.15) is 11.8 Å². The van der Waals surface area contributed by atoms with Crippen molar-refractivity contribution in [3.8, 4) is 11.8 Å². The summed E-state index contributed by atoms with van der Waals surface area (Å²) in [6.07, 6.45) is 3.53. The van der Waals surface area contributed by atoms with Gasteiger partial charge in [-0.25, -0.2) is 0 Å².